The number of pyridine rings is 1. The Bertz CT molecular complexity index is 1130. The molecule has 2 aromatic heterocycles. The van der Waals surface area contributed by atoms with E-state index < -0.39 is 6.10 Å². The highest BCUT2D eigenvalue weighted by molar-refractivity contribution is 5.45. The number of ether oxygens (including phenoxy) is 1. The van der Waals surface area contributed by atoms with Gasteiger partial charge in [-0.1, -0.05) is 30.3 Å². The lowest BCUT2D eigenvalue weighted by Crippen LogP contribution is -2.21. The van der Waals surface area contributed by atoms with E-state index in [1.807, 2.05) is 48.5 Å². The van der Waals surface area contributed by atoms with Crippen molar-refractivity contribution in [3.63, 3.8) is 0 Å². The number of aliphatic hydroxyl groups is 1. The maximum absolute atomic E-state index is 10.8. The van der Waals surface area contributed by atoms with E-state index in [9.17, 15) is 5.11 Å². The van der Waals surface area contributed by atoms with Crippen molar-refractivity contribution in [2.75, 3.05) is 0 Å². The second-order valence-corrected chi connectivity index (χ2v) is 7.45. The summed E-state index contributed by atoms with van der Waals surface area (Å²) in [6.45, 7) is 0. The van der Waals surface area contributed by atoms with Crippen molar-refractivity contribution >= 4 is 0 Å². The van der Waals surface area contributed by atoms with Crippen LogP contribution in [-0.4, -0.2) is 20.3 Å². The van der Waals surface area contributed by atoms with E-state index in [-0.39, 0.29) is 11.8 Å². The van der Waals surface area contributed by atoms with Crippen LogP contribution in [0.1, 0.15) is 29.5 Å². The SMILES string of the molecule is OC(c1nnc(-c2ccccn2)o1)C1CCc2cc(Oc3ccccc3)ccc2C1. The molecule has 6 heteroatoms. The van der Waals surface area contributed by atoms with Gasteiger partial charge >= 0.3 is 0 Å². The van der Waals surface area contributed by atoms with Crippen molar-refractivity contribution in [3.05, 3.63) is 89.9 Å². The normalized spacial score (nSPS) is 16.6. The Hall–Kier alpha value is -3.51. The number of aromatic nitrogens is 3. The third-order valence-corrected chi connectivity index (χ3v) is 5.45. The van der Waals surface area contributed by atoms with Crippen LogP contribution in [0.25, 0.3) is 11.6 Å². The number of hydrogen-bond donors (Lipinski definition) is 1. The summed E-state index contributed by atoms with van der Waals surface area (Å²) in [5.41, 5.74) is 3.07. The summed E-state index contributed by atoms with van der Waals surface area (Å²) in [6, 6.07) is 21.4. The molecule has 150 valence electrons. The predicted molar refractivity (Wildman–Crippen MR) is 111 cm³/mol. The number of para-hydroxylation sites is 1. The molecule has 1 aliphatic rings. The largest absolute Gasteiger partial charge is 0.457 e. The van der Waals surface area contributed by atoms with Crippen molar-refractivity contribution in [2.45, 2.75) is 25.4 Å². The molecular weight excluding hydrogens is 378 g/mol. The number of rotatable bonds is 5. The van der Waals surface area contributed by atoms with Crippen LogP contribution < -0.4 is 4.74 Å². The van der Waals surface area contributed by atoms with Crippen molar-refractivity contribution in [1.82, 2.24) is 15.2 Å². The van der Waals surface area contributed by atoms with Gasteiger partial charge in [-0.15, -0.1) is 10.2 Å². The van der Waals surface area contributed by atoms with Gasteiger partial charge in [-0.2, -0.15) is 0 Å². The van der Waals surface area contributed by atoms with Gasteiger partial charge in [0.1, 0.15) is 23.3 Å². The zero-order valence-electron chi connectivity index (χ0n) is 16.3. The van der Waals surface area contributed by atoms with Crippen LogP contribution >= 0.6 is 0 Å². The zero-order valence-corrected chi connectivity index (χ0v) is 16.3. The molecule has 5 rings (SSSR count). The third kappa shape index (κ3) is 3.82. The first-order chi connectivity index (χ1) is 14.8. The minimum absolute atomic E-state index is 0.0235. The van der Waals surface area contributed by atoms with Gasteiger partial charge in [0.05, 0.1) is 0 Å². The first kappa shape index (κ1) is 18.5. The molecule has 0 bridgehead atoms. The highest BCUT2D eigenvalue weighted by atomic mass is 16.5. The molecular formula is C24H21N3O3. The van der Waals surface area contributed by atoms with Gasteiger partial charge in [0.15, 0.2) is 0 Å². The fourth-order valence-corrected chi connectivity index (χ4v) is 3.87. The van der Waals surface area contributed by atoms with E-state index in [0.717, 1.165) is 30.8 Å². The first-order valence-electron chi connectivity index (χ1n) is 10.0. The fraction of sp³-hybridized carbons (Fsp3) is 0.208. The molecule has 0 amide bonds. The summed E-state index contributed by atoms with van der Waals surface area (Å²) in [5, 5.41) is 18.9. The number of hydrogen-bond acceptors (Lipinski definition) is 6. The number of fused-ring (bicyclic) bond motifs is 1. The second kappa shape index (κ2) is 8.08. The van der Waals surface area contributed by atoms with E-state index in [1.165, 1.54) is 11.1 Å². The predicted octanol–water partition coefficient (Wildman–Crippen LogP) is 4.76. The van der Waals surface area contributed by atoms with Gasteiger partial charge in [-0.05, 0) is 72.7 Å². The van der Waals surface area contributed by atoms with Crippen LogP contribution in [-0.2, 0) is 12.8 Å². The molecule has 2 heterocycles. The van der Waals surface area contributed by atoms with Crippen LogP contribution in [0, 0.1) is 5.92 Å². The molecule has 1 aliphatic carbocycles. The van der Waals surface area contributed by atoms with E-state index in [2.05, 4.69) is 27.3 Å². The van der Waals surface area contributed by atoms with Gasteiger partial charge < -0.3 is 14.3 Å². The molecule has 0 saturated carbocycles. The Morgan fingerprint density at radius 1 is 0.933 bits per heavy atom. The van der Waals surface area contributed by atoms with Crippen molar-refractivity contribution in [1.29, 1.82) is 0 Å². The number of benzene rings is 2. The average molecular weight is 399 g/mol. The van der Waals surface area contributed by atoms with Gasteiger partial charge in [0, 0.05) is 6.20 Å². The molecule has 0 spiro atoms. The van der Waals surface area contributed by atoms with Crippen molar-refractivity contribution in [2.24, 2.45) is 5.92 Å². The fourth-order valence-electron chi connectivity index (χ4n) is 3.87. The summed E-state index contributed by atoms with van der Waals surface area (Å²) in [4.78, 5) is 4.21. The first-order valence-corrected chi connectivity index (χ1v) is 10.0. The lowest BCUT2D eigenvalue weighted by Gasteiger charge is -2.27. The maximum atomic E-state index is 10.8. The topological polar surface area (TPSA) is 81.3 Å². The standard InChI is InChI=1S/C24H21N3O3/c28-22(24-27-26-23(30-24)21-8-4-5-13-25-21)18-10-9-17-15-20(12-11-16(17)14-18)29-19-6-2-1-3-7-19/h1-8,11-13,15,18,22,28H,9-10,14H2. The quantitative estimate of drug-likeness (QED) is 0.521. The zero-order chi connectivity index (χ0) is 20.3. The second-order valence-electron chi connectivity index (χ2n) is 7.45. The van der Waals surface area contributed by atoms with E-state index in [4.69, 9.17) is 9.15 Å². The molecule has 2 atom stereocenters. The number of nitrogens with zero attached hydrogens (tertiary/aromatic N) is 3. The third-order valence-electron chi connectivity index (χ3n) is 5.45. The Morgan fingerprint density at radius 3 is 2.63 bits per heavy atom. The summed E-state index contributed by atoms with van der Waals surface area (Å²) >= 11 is 0. The van der Waals surface area contributed by atoms with Crippen LogP contribution in [0.3, 0.4) is 0 Å². The Balaban J connectivity index is 1.29. The molecule has 0 saturated heterocycles. The van der Waals surface area contributed by atoms with E-state index in [0.29, 0.717) is 11.6 Å². The van der Waals surface area contributed by atoms with Crippen LogP contribution in [0.15, 0.2) is 77.3 Å². The van der Waals surface area contributed by atoms with E-state index >= 15 is 0 Å². The maximum Gasteiger partial charge on any atom is 0.266 e. The molecule has 1 N–H and O–H groups in total. The molecule has 2 aromatic carbocycles. The Morgan fingerprint density at radius 2 is 1.80 bits per heavy atom. The monoisotopic (exact) mass is 399 g/mol. The van der Waals surface area contributed by atoms with Gasteiger partial charge in [-0.3, -0.25) is 4.98 Å². The number of aryl methyl sites for hydroxylation is 1. The van der Waals surface area contributed by atoms with Crippen LogP contribution in [0.4, 0.5) is 0 Å². The summed E-state index contributed by atoms with van der Waals surface area (Å²) < 4.78 is 11.6. The highest BCUT2D eigenvalue weighted by Gasteiger charge is 2.30. The Kier molecular flexibility index (Phi) is 4.99. The average Bonchev–Trinajstić information content (AvgIpc) is 3.30. The minimum Gasteiger partial charge on any atom is -0.457 e. The van der Waals surface area contributed by atoms with E-state index in [1.54, 1.807) is 12.3 Å². The molecule has 0 fully saturated rings. The minimum atomic E-state index is -0.802. The van der Waals surface area contributed by atoms with Crippen LogP contribution in [0.2, 0.25) is 0 Å². The van der Waals surface area contributed by atoms with Crippen molar-refractivity contribution < 1.29 is 14.3 Å². The smallest absolute Gasteiger partial charge is 0.266 e. The molecule has 4 aromatic rings. The molecule has 0 radical (unpaired) electrons. The highest BCUT2D eigenvalue weighted by Crippen LogP contribution is 2.36. The molecule has 6 nitrogen and oxygen atoms in total. The van der Waals surface area contributed by atoms with Crippen molar-refractivity contribution in [3.8, 4) is 23.1 Å². The Labute approximate surface area is 174 Å². The summed E-state index contributed by atoms with van der Waals surface area (Å²) in [6.07, 6.45) is 3.32. The molecule has 0 aliphatic heterocycles. The van der Waals surface area contributed by atoms with Gasteiger partial charge in [-0.25, -0.2) is 0 Å². The number of aliphatic hydroxyl groups excluding tert-OH is 1. The summed E-state index contributed by atoms with van der Waals surface area (Å²) in [7, 11) is 0. The lowest BCUT2D eigenvalue weighted by molar-refractivity contribution is 0.0735. The molecule has 2 unspecified atom stereocenters. The van der Waals surface area contributed by atoms with Crippen LogP contribution in [0.5, 0.6) is 11.5 Å². The molecule has 30 heavy (non-hydrogen) atoms. The lowest BCUT2D eigenvalue weighted by atomic mass is 9.81. The van der Waals surface area contributed by atoms with Gasteiger partial charge in [0.2, 0.25) is 5.89 Å². The van der Waals surface area contributed by atoms with Gasteiger partial charge in [0.25, 0.3) is 5.89 Å². The summed E-state index contributed by atoms with van der Waals surface area (Å²) in [5.74, 6) is 2.24.